The molecule has 3 atom stereocenters. The Morgan fingerprint density at radius 3 is 2.50 bits per heavy atom. The van der Waals surface area contributed by atoms with Gasteiger partial charge in [0, 0.05) is 6.54 Å². The third kappa shape index (κ3) is 6.71. The zero-order valence-corrected chi connectivity index (χ0v) is 13.2. The van der Waals surface area contributed by atoms with E-state index in [1.54, 1.807) is 6.92 Å². The molecule has 1 fully saturated rings. The van der Waals surface area contributed by atoms with Crippen LogP contribution in [-0.4, -0.2) is 35.9 Å². The van der Waals surface area contributed by atoms with Gasteiger partial charge in [-0.15, -0.1) is 0 Å². The Labute approximate surface area is 123 Å². The maximum atomic E-state index is 12.1. The van der Waals surface area contributed by atoms with E-state index in [0.29, 0.717) is 19.4 Å². The predicted molar refractivity (Wildman–Crippen MR) is 80.5 cm³/mol. The number of hydrogen-bond donors (Lipinski definition) is 2. The van der Waals surface area contributed by atoms with E-state index in [9.17, 15) is 9.90 Å². The van der Waals surface area contributed by atoms with Crippen LogP contribution in [0.4, 0.5) is 0 Å². The van der Waals surface area contributed by atoms with Crippen LogP contribution in [0.15, 0.2) is 0 Å². The van der Waals surface area contributed by atoms with Crippen molar-refractivity contribution in [3.63, 3.8) is 0 Å². The van der Waals surface area contributed by atoms with Crippen molar-refractivity contribution in [3.05, 3.63) is 0 Å². The van der Waals surface area contributed by atoms with Crippen molar-refractivity contribution in [1.82, 2.24) is 5.32 Å². The van der Waals surface area contributed by atoms with Gasteiger partial charge < -0.3 is 15.2 Å². The van der Waals surface area contributed by atoms with Crippen LogP contribution in [0.25, 0.3) is 0 Å². The van der Waals surface area contributed by atoms with Gasteiger partial charge in [-0.3, -0.25) is 4.79 Å². The van der Waals surface area contributed by atoms with E-state index in [1.165, 1.54) is 19.3 Å². The molecule has 20 heavy (non-hydrogen) atoms. The normalized spacial score (nSPS) is 21.2. The Bertz CT molecular complexity index is 275. The molecule has 0 saturated heterocycles. The van der Waals surface area contributed by atoms with Crippen LogP contribution in [0.1, 0.15) is 65.7 Å². The van der Waals surface area contributed by atoms with Gasteiger partial charge in [-0.05, 0) is 38.5 Å². The summed E-state index contributed by atoms with van der Waals surface area (Å²) in [7, 11) is 0. The third-order valence-corrected chi connectivity index (χ3v) is 3.94. The molecule has 1 aliphatic rings. The number of nitrogens with one attached hydrogen (secondary N) is 1. The van der Waals surface area contributed by atoms with Gasteiger partial charge in [-0.1, -0.05) is 33.1 Å². The van der Waals surface area contributed by atoms with Crippen LogP contribution in [0, 0.1) is 5.92 Å². The van der Waals surface area contributed by atoms with Gasteiger partial charge in [0.15, 0.2) is 0 Å². The standard InChI is InChI=1S/C16H31NO3/c1-4-15(20-14-8-6-5-7-9-14)16(19)17-11-12(2)10-13(3)18/h12-15,18H,4-11H2,1-3H3,(H,17,19). The first-order valence-corrected chi connectivity index (χ1v) is 8.14. The molecule has 0 spiro atoms. The molecule has 1 saturated carbocycles. The topological polar surface area (TPSA) is 58.6 Å². The largest absolute Gasteiger partial charge is 0.393 e. The summed E-state index contributed by atoms with van der Waals surface area (Å²) in [6.07, 6.45) is 6.94. The maximum absolute atomic E-state index is 12.1. The summed E-state index contributed by atoms with van der Waals surface area (Å²) in [6.45, 7) is 6.41. The molecule has 0 heterocycles. The van der Waals surface area contributed by atoms with Crippen molar-refractivity contribution < 1.29 is 14.6 Å². The van der Waals surface area contributed by atoms with E-state index in [-0.39, 0.29) is 30.1 Å². The lowest BCUT2D eigenvalue weighted by Crippen LogP contribution is -2.40. The van der Waals surface area contributed by atoms with E-state index in [4.69, 9.17) is 4.74 Å². The first-order chi connectivity index (χ1) is 9.52. The Morgan fingerprint density at radius 1 is 1.30 bits per heavy atom. The summed E-state index contributed by atoms with van der Waals surface area (Å²) in [6, 6.07) is 0. The molecule has 1 rings (SSSR count). The average molecular weight is 285 g/mol. The molecule has 0 radical (unpaired) electrons. The number of hydrogen-bond acceptors (Lipinski definition) is 3. The highest BCUT2D eigenvalue weighted by Gasteiger charge is 2.23. The molecule has 0 aliphatic heterocycles. The molecular weight excluding hydrogens is 254 g/mol. The molecule has 1 amide bonds. The SMILES string of the molecule is CCC(OC1CCCCC1)C(=O)NCC(C)CC(C)O. The summed E-state index contributed by atoms with van der Waals surface area (Å²) in [5, 5.41) is 12.3. The van der Waals surface area contributed by atoms with E-state index >= 15 is 0 Å². The first-order valence-electron chi connectivity index (χ1n) is 8.14. The Kier molecular flexibility index (Phi) is 8.15. The average Bonchev–Trinajstić information content (AvgIpc) is 2.42. The van der Waals surface area contributed by atoms with Gasteiger partial charge in [-0.2, -0.15) is 0 Å². The molecule has 0 bridgehead atoms. The highest BCUT2D eigenvalue weighted by atomic mass is 16.5. The molecule has 4 nitrogen and oxygen atoms in total. The quantitative estimate of drug-likeness (QED) is 0.721. The van der Waals surface area contributed by atoms with Crippen molar-refractivity contribution >= 4 is 5.91 Å². The van der Waals surface area contributed by atoms with Crippen LogP contribution in [0.3, 0.4) is 0 Å². The van der Waals surface area contributed by atoms with E-state index in [2.05, 4.69) is 5.32 Å². The van der Waals surface area contributed by atoms with Gasteiger partial charge in [0.25, 0.3) is 0 Å². The van der Waals surface area contributed by atoms with Crippen LogP contribution in [0.5, 0.6) is 0 Å². The van der Waals surface area contributed by atoms with E-state index < -0.39 is 0 Å². The zero-order valence-electron chi connectivity index (χ0n) is 13.2. The maximum Gasteiger partial charge on any atom is 0.249 e. The number of aliphatic hydroxyl groups excluding tert-OH is 1. The van der Waals surface area contributed by atoms with Gasteiger partial charge in [-0.25, -0.2) is 0 Å². The predicted octanol–water partition coefficient (Wildman–Crippen LogP) is 2.64. The Morgan fingerprint density at radius 2 is 1.95 bits per heavy atom. The summed E-state index contributed by atoms with van der Waals surface area (Å²) >= 11 is 0. The minimum absolute atomic E-state index is 0.00415. The van der Waals surface area contributed by atoms with Crippen LogP contribution in [0.2, 0.25) is 0 Å². The third-order valence-electron chi connectivity index (χ3n) is 3.94. The van der Waals surface area contributed by atoms with Crippen molar-refractivity contribution in [2.45, 2.75) is 84.0 Å². The van der Waals surface area contributed by atoms with E-state index in [0.717, 1.165) is 12.8 Å². The second-order valence-electron chi connectivity index (χ2n) is 6.23. The number of carbonyl (C=O) groups is 1. The van der Waals surface area contributed by atoms with Crippen molar-refractivity contribution in [1.29, 1.82) is 0 Å². The van der Waals surface area contributed by atoms with Crippen LogP contribution >= 0.6 is 0 Å². The first kappa shape index (κ1) is 17.4. The second kappa shape index (κ2) is 9.35. The molecule has 0 aromatic carbocycles. The smallest absolute Gasteiger partial charge is 0.249 e. The molecule has 118 valence electrons. The lowest BCUT2D eigenvalue weighted by Gasteiger charge is -2.27. The van der Waals surface area contributed by atoms with Gasteiger partial charge in [0.05, 0.1) is 12.2 Å². The highest BCUT2D eigenvalue weighted by Crippen LogP contribution is 2.22. The van der Waals surface area contributed by atoms with Gasteiger partial charge >= 0.3 is 0 Å². The van der Waals surface area contributed by atoms with Crippen molar-refractivity contribution in [3.8, 4) is 0 Å². The molecule has 3 unspecified atom stereocenters. The number of amides is 1. The molecular formula is C16H31NO3. The summed E-state index contributed by atoms with van der Waals surface area (Å²) in [5.41, 5.74) is 0. The molecule has 2 N–H and O–H groups in total. The minimum Gasteiger partial charge on any atom is -0.393 e. The monoisotopic (exact) mass is 285 g/mol. The van der Waals surface area contributed by atoms with Crippen molar-refractivity contribution in [2.75, 3.05) is 6.54 Å². The fraction of sp³-hybridized carbons (Fsp3) is 0.938. The number of carbonyl (C=O) groups excluding carboxylic acids is 1. The fourth-order valence-corrected chi connectivity index (χ4v) is 2.83. The van der Waals surface area contributed by atoms with Gasteiger partial charge in [0.1, 0.15) is 6.10 Å². The summed E-state index contributed by atoms with van der Waals surface area (Å²) in [5.74, 6) is 0.279. The van der Waals surface area contributed by atoms with Gasteiger partial charge in [0.2, 0.25) is 5.91 Å². The van der Waals surface area contributed by atoms with E-state index in [1.807, 2.05) is 13.8 Å². The number of rotatable bonds is 8. The molecule has 4 heteroatoms. The summed E-state index contributed by atoms with van der Waals surface area (Å²) < 4.78 is 5.95. The van der Waals surface area contributed by atoms with Crippen molar-refractivity contribution in [2.24, 2.45) is 5.92 Å². The van der Waals surface area contributed by atoms with Crippen LogP contribution < -0.4 is 5.32 Å². The summed E-state index contributed by atoms with van der Waals surface area (Å²) in [4.78, 5) is 12.1. The Balaban J connectivity index is 2.30. The second-order valence-corrected chi connectivity index (χ2v) is 6.23. The molecule has 0 aromatic rings. The zero-order chi connectivity index (χ0) is 15.0. The molecule has 0 aromatic heterocycles. The lowest BCUT2D eigenvalue weighted by atomic mass is 9.97. The lowest BCUT2D eigenvalue weighted by molar-refractivity contribution is -0.138. The van der Waals surface area contributed by atoms with Crippen LogP contribution in [-0.2, 0) is 9.53 Å². The molecule has 1 aliphatic carbocycles. The highest BCUT2D eigenvalue weighted by molar-refractivity contribution is 5.80. The minimum atomic E-state index is -0.322. The fourth-order valence-electron chi connectivity index (χ4n) is 2.83. The number of ether oxygens (including phenoxy) is 1. The Hall–Kier alpha value is -0.610. The number of aliphatic hydroxyl groups is 1.